The van der Waals surface area contributed by atoms with Gasteiger partial charge in [-0.25, -0.2) is 0 Å². The lowest BCUT2D eigenvalue weighted by atomic mass is 9.92. The van der Waals surface area contributed by atoms with Gasteiger partial charge in [0.05, 0.1) is 23.2 Å². The van der Waals surface area contributed by atoms with E-state index in [0.717, 1.165) is 79.6 Å². The van der Waals surface area contributed by atoms with Gasteiger partial charge >= 0.3 is 74.1 Å². The maximum absolute atomic E-state index is 11.7. The first kappa shape index (κ1) is 120. The van der Waals surface area contributed by atoms with Crippen LogP contribution in [-0.2, 0) is 0 Å². The first-order chi connectivity index (χ1) is 43.1. The first-order valence-corrected chi connectivity index (χ1v) is 31.4. The molecule has 0 aromatic carbocycles. The molecule has 0 rings (SSSR count). The number of alkyl halides is 36. The summed E-state index contributed by atoms with van der Waals surface area (Å²) in [4.78, 5) is 0. The fourth-order valence-electron chi connectivity index (χ4n) is 3.26. The smallest absolute Gasteiger partial charge is 0.171 e. The Bertz CT molecular complexity index is 1680. The summed E-state index contributed by atoms with van der Waals surface area (Å²) in [6.45, 7) is 37.1. The molecule has 0 aliphatic heterocycles. The van der Waals surface area contributed by atoms with Crippen molar-refractivity contribution >= 4 is 0 Å². The highest BCUT2D eigenvalue weighted by molar-refractivity contribution is 4.84. The lowest BCUT2D eigenvalue weighted by Crippen LogP contribution is -2.44. The van der Waals surface area contributed by atoms with Gasteiger partial charge in [0.2, 0.25) is 0 Å². The molecule has 0 aromatic heterocycles. The average Bonchev–Trinajstić information content (AvgIpc) is 0.794. The van der Waals surface area contributed by atoms with Gasteiger partial charge in [-0.2, -0.15) is 158 Å². The van der Waals surface area contributed by atoms with E-state index in [-0.39, 0.29) is 39.5 Å². The number of hydrogen-bond donors (Lipinski definition) is 0. The van der Waals surface area contributed by atoms with Gasteiger partial charge in [-0.1, -0.05) is 211 Å². The standard InChI is InChI=1S/2C6H8F6.2C6H11F3.C6H14.C5H6F6.2C5H9F3.2C5H12.2C4H7F3/c1-4(6(10,11)12)2-3-5(7,8)9;1-2-3-4(5(7,8)9)6(10,11)12;1-3-4-5(2)6(7,8)9;1-2-3-4-5-6(7,8)9;1-5(2)6(3)4;1-3(2,4(6,7)8)5(9,10)11;1-4(2,3)5(6,7)8;1-3-4(2)5(6,7)8;1-4-5(2)3;1-3-5-4-2;2*1-3(2)4(5,6)7/h2*4H,2-3H2,1H3;5H,3-4H2,1-2H3;2-5H2,1H3;5-6H,1-4H3;1-2H3;1-3H3;4H,3H2,1-2H3;5H,4H2,1-3H3;3-5H2,1-2H3;2*3H,1-2H3/t4-;;5-;;;;;;;;;/m0.0........./s1/i;;;;;;;;;;3D;. The van der Waals surface area contributed by atoms with Crippen molar-refractivity contribution in [3.8, 4) is 0 Å². The van der Waals surface area contributed by atoms with E-state index in [0.29, 0.717) is 12.8 Å². The Labute approximate surface area is 566 Å². The Morgan fingerprint density at radius 3 is 0.596 bits per heavy atom. The predicted octanol–water partition coefficient (Wildman–Crippen LogP) is 32.5. The molecule has 0 aliphatic carbocycles. The second-order valence-electron chi connectivity index (χ2n) is 25.4. The van der Waals surface area contributed by atoms with E-state index in [1.807, 2.05) is 6.92 Å². The first-order valence-electron chi connectivity index (χ1n) is 31.9. The van der Waals surface area contributed by atoms with E-state index in [1.54, 1.807) is 6.92 Å². The van der Waals surface area contributed by atoms with Gasteiger partial charge in [0.1, 0.15) is 0 Å². The Morgan fingerprint density at radius 1 is 0.273 bits per heavy atom. The van der Waals surface area contributed by atoms with Crippen molar-refractivity contribution in [3.63, 3.8) is 0 Å². The second-order valence-corrected chi connectivity index (χ2v) is 25.4. The Morgan fingerprint density at radius 2 is 0.515 bits per heavy atom. The minimum absolute atomic E-state index is 0.104. The van der Waals surface area contributed by atoms with Crippen LogP contribution in [-0.4, -0.2) is 74.1 Å². The van der Waals surface area contributed by atoms with Gasteiger partial charge in [0.25, 0.3) is 0 Å². The van der Waals surface area contributed by atoms with E-state index in [2.05, 4.69) is 62.3 Å². The number of rotatable bonds is 14. The molecule has 0 bridgehead atoms. The summed E-state index contributed by atoms with van der Waals surface area (Å²) in [6, 6.07) is 0. The molecule has 0 saturated heterocycles. The van der Waals surface area contributed by atoms with Crippen LogP contribution in [0.25, 0.3) is 0 Å². The second kappa shape index (κ2) is 55.9. The normalized spacial score (nSPS) is 14.0. The summed E-state index contributed by atoms with van der Waals surface area (Å²) in [5.41, 5.74) is -5.19. The molecule has 618 valence electrons. The van der Waals surface area contributed by atoms with Crippen molar-refractivity contribution in [2.75, 3.05) is 0 Å². The Kier molecular flexibility index (Phi) is 68.0. The zero-order chi connectivity index (χ0) is 84.7. The molecule has 0 N–H and O–H groups in total. The summed E-state index contributed by atoms with van der Waals surface area (Å²) in [5.74, 6) is -8.27. The molecule has 0 saturated carbocycles. The molecular formula is C63H114F36. The fraction of sp³-hybridized carbons (Fsp3) is 1.00. The molecule has 0 aliphatic rings. The van der Waals surface area contributed by atoms with Gasteiger partial charge in [-0.05, 0) is 63.7 Å². The molecule has 36 heteroatoms. The zero-order valence-corrected chi connectivity index (χ0v) is 61.3. The summed E-state index contributed by atoms with van der Waals surface area (Å²) in [5, 5.41) is 0. The quantitative estimate of drug-likeness (QED) is 0.120. The highest BCUT2D eigenvalue weighted by Crippen LogP contribution is 2.49. The van der Waals surface area contributed by atoms with Crippen LogP contribution in [0.1, 0.15) is 271 Å². The molecule has 0 amide bonds. The summed E-state index contributed by atoms with van der Waals surface area (Å²) in [6.07, 6.45) is -50.0. The third-order valence-corrected chi connectivity index (χ3v) is 12.6. The van der Waals surface area contributed by atoms with Crippen LogP contribution in [0.15, 0.2) is 0 Å². The third-order valence-electron chi connectivity index (χ3n) is 12.6. The molecule has 1 unspecified atom stereocenters. The van der Waals surface area contributed by atoms with E-state index in [1.165, 1.54) is 53.4 Å². The molecule has 0 radical (unpaired) electrons. The molecular weight excluding hydrogens is 1440 g/mol. The number of hydrogen-bond acceptors (Lipinski definition) is 0. The summed E-state index contributed by atoms with van der Waals surface area (Å²) >= 11 is 0. The highest BCUT2D eigenvalue weighted by Gasteiger charge is 2.64. The maximum Gasteiger partial charge on any atom is 0.402 e. The minimum atomic E-state index is -5.24. The van der Waals surface area contributed by atoms with Crippen molar-refractivity contribution in [2.24, 2.45) is 64.1 Å². The van der Waals surface area contributed by atoms with Crippen LogP contribution < -0.4 is 0 Å². The molecule has 0 nitrogen and oxygen atoms in total. The van der Waals surface area contributed by atoms with Gasteiger partial charge in [-0.15, -0.1) is 0 Å². The van der Waals surface area contributed by atoms with Crippen molar-refractivity contribution < 1.29 is 159 Å². The zero-order valence-electron chi connectivity index (χ0n) is 62.3. The number of unbranched alkanes of at least 4 members (excludes halogenated alkanes) is 4. The van der Waals surface area contributed by atoms with Gasteiger partial charge < -0.3 is 0 Å². The van der Waals surface area contributed by atoms with E-state index >= 15 is 0 Å². The third kappa shape index (κ3) is 93.5. The Balaban J connectivity index is -0.0000000852. The fourth-order valence-corrected chi connectivity index (χ4v) is 3.26. The van der Waals surface area contributed by atoms with Gasteiger partial charge in [0, 0.05) is 26.0 Å². The van der Waals surface area contributed by atoms with Crippen LogP contribution in [0.4, 0.5) is 158 Å². The van der Waals surface area contributed by atoms with Crippen LogP contribution in [0.5, 0.6) is 0 Å². The average molecular weight is 1560 g/mol. The van der Waals surface area contributed by atoms with Gasteiger partial charge in [0.15, 0.2) is 11.3 Å². The van der Waals surface area contributed by atoms with E-state index in [4.69, 9.17) is 1.37 Å². The predicted molar refractivity (Wildman–Crippen MR) is 320 cm³/mol. The summed E-state index contributed by atoms with van der Waals surface area (Å²) in [7, 11) is 0. The topological polar surface area (TPSA) is 0 Å². The van der Waals surface area contributed by atoms with Crippen LogP contribution in [0.3, 0.4) is 0 Å². The van der Waals surface area contributed by atoms with Gasteiger partial charge in [-0.3, -0.25) is 0 Å². The summed E-state index contributed by atoms with van der Waals surface area (Å²) < 4.78 is 421. The number of halogens is 36. The van der Waals surface area contributed by atoms with Crippen molar-refractivity contribution in [1.82, 2.24) is 0 Å². The van der Waals surface area contributed by atoms with E-state index < -0.39 is 146 Å². The highest BCUT2D eigenvalue weighted by atomic mass is 19.5. The van der Waals surface area contributed by atoms with Crippen LogP contribution in [0, 0.1) is 64.1 Å². The Hall–Kier alpha value is -2.52. The molecule has 0 spiro atoms. The van der Waals surface area contributed by atoms with Crippen LogP contribution >= 0.6 is 0 Å². The molecule has 0 fully saturated rings. The largest absolute Gasteiger partial charge is 0.402 e. The van der Waals surface area contributed by atoms with Crippen molar-refractivity contribution in [1.29, 1.82) is 0 Å². The molecule has 0 heterocycles. The molecule has 3 atom stereocenters. The lowest BCUT2D eigenvalue weighted by molar-refractivity contribution is -0.327. The monoisotopic (exact) mass is 1560 g/mol. The maximum atomic E-state index is 11.7. The minimum Gasteiger partial charge on any atom is -0.171 e. The SMILES string of the molecule is CC(C)(C(F)(F)F)C(F)(F)F.CC(C)(C)C(F)(F)F.CC(C)C(C)C.CC(C)C(F)(F)F.CCC(C)C.CCC(C)C(F)(F)F.CCCC(C(F)(F)F)C(F)(F)F.CCCCC.CCCCCC(F)(F)F.CCC[C@H](C)C(F)(F)F.C[C@@H](CCC(F)(F)F)C(F)(F)F.[2H]C(C)(C)C(F)(F)F. The van der Waals surface area contributed by atoms with E-state index in [9.17, 15) is 158 Å². The van der Waals surface area contributed by atoms with Crippen molar-refractivity contribution in [2.45, 2.75) is 344 Å². The molecule has 0 aromatic rings. The lowest BCUT2D eigenvalue weighted by Gasteiger charge is -2.29. The van der Waals surface area contributed by atoms with Crippen LogP contribution in [0.2, 0.25) is 0 Å². The molecule has 99 heavy (non-hydrogen) atoms. The van der Waals surface area contributed by atoms with Crippen molar-refractivity contribution in [3.05, 3.63) is 0 Å².